The van der Waals surface area contributed by atoms with Gasteiger partial charge in [-0.2, -0.15) is 0 Å². The van der Waals surface area contributed by atoms with Gasteiger partial charge in [-0.25, -0.2) is 8.42 Å². The molecule has 0 fully saturated rings. The maximum Gasteiger partial charge on any atom is 0.264 e. The van der Waals surface area contributed by atoms with Crippen molar-refractivity contribution in [2.45, 2.75) is 18.4 Å². The molecule has 0 unspecified atom stereocenters. The van der Waals surface area contributed by atoms with Gasteiger partial charge in [0.05, 0.1) is 10.6 Å². The highest BCUT2D eigenvalue weighted by Gasteiger charge is 2.21. The largest absolute Gasteiger partial charge is 0.322 e. The van der Waals surface area contributed by atoms with Crippen molar-refractivity contribution in [1.82, 2.24) is 4.90 Å². The summed E-state index contributed by atoms with van der Waals surface area (Å²) in [5.41, 5.74) is 3.68. The molecule has 0 atom stereocenters. The van der Waals surface area contributed by atoms with Crippen LogP contribution in [0, 0.1) is 6.92 Å². The fourth-order valence-corrected chi connectivity index (χ4v) is 4.34. The molecule has 1 N–H and O–H groups in total. The maximum atomic E-state index is 12.9. The number of anilines is 2. The van der Waals surface area contributed by atoms with Crippen molar-refractivity contribution in [3.8, 4) is 0 Å². The van der Waals surface area contributed by atoms with E-state index in [0.29, 0.717) is 17.8 Å². The van der Waals surface area contributed by atoms with Crippen molar-refractivity contribution in [1.29, 1.82) is 0 Å². The Morgan fingerprint density at radius 3 is 2.10 bits per heavy atom. The van der Waals surface area contributed by atoms with Crippen molar-refractivity contribution < 1.29 is 13.2 Å². The van der Waals surface area contributed by atoms with Crippen LogP contribution < -0.4 is 9.62 Å². The Balaban J connectivity index is 1.77. The molecule has 0 aromatic heterocycles. The van der Waals surface area contributed by atoms with Gasteiger partial charge in [-0.3, -0.25) is 9.10 Å². The summed E-state index contributed by atoms with van der Waals surface area (Å²) >= 11 is 0. The topological polar surface area (TPSA) is 69.7 Å². The highest BCUT2D eigenvalue weighted by Crippen LogP contribution is 2.23. The Morgan fingerprint density at radius 2 is 1.48 bits per heavy atom. The Hall–Kier alpha value is -3.16. The van der Waals surface area contributed by atoms with E-state index >= 15 is 0 Å². The third kappa shape index (κ3) is 5.31. The first-order valence-corrected chi connectivity index (χ1v) is 11.3. The highest BCUT2D eigenvalue weighted by molar-refractivity contribution is 7.92. The van der Waals surface area contributed by atoms with Gasteiger partial charge in [-0.05, 0) is 69.0 Å². The van der Waals surface area contributed by atoms with Crippen LogP contribution in [0.3, 0.4) is 0 Å². The smallest absolute Gasteiger partial charge is 0.264 e. The van der Waals surface area contributed by atoms with Crippen molar-refractivity contribution in [2.24, 2.45) is 0 Å². The number of para-hydroxylation sites is 1. The standard InChI is InChI=1S/C24H27N3O3S/c1-18-9-15-22(16-10-18)31(29,30)27(4)21-13-11-19(12-14-21)24(28)25-23-8-6-5-7-20(23)17-26(2)3/h5-16H,17H2,1-4H3,(H,25,28). The average molecular weight is 438 g/mol. The Labute approximate surface area is 184 Å². The van der Waals surface area contributed by atoms with E-state index in [1.807, 2.05) is 50.2 Å². The van der Waals surface area contributed by atoms with Crippen LogP contribution in [-0.2, 0) is 16.6 Å². The Bertz CT molecular complexity index is 1160. The van der Waals surface area contributed by atoms with Crippen molar-refractivity contribution in [3.05, 3.63) is 89.5 Å². The number of hydrogen-bond donors (Lipinski definition) is 1. The molecule has 7 heteroatoms. The molecule has 1 amide bonds. The molecule has 0 aliphatic rings. The van der Waals surface area contributed by atoms with Gasteiger partial charge >= 0.3 is 0 Å². The Kier molecular flexibility index (Phi) is 6.77. The van der Waals surface area contributed by atoms with E-state index in [1.54, 1.807) is 48.5 Å². The molecule has 0 saturated carbocycles. The minimum absolute atomic E-state index is 0.222. The second-order valence-electron chi connectivity index (χ2n) is 7.68. The minimum atomic E-state index is -3.68. The summed E-state index contributed by atoms with van der Waals surface area (Å²) in [4.78, 5) is 15.0. The molecular weight excluding hydrogens is 410 g/mol. The molecule has 3 aromatic carbocycles. The summed E-state index contributed by atoms with van der Waals surface area (Å²) in [6.45, 7) is 2.61. The lowest BCUT2D eigenvalue weighted by atomic mass is 10.1. The summed E-state index contributed by atoms with van der Waals surface area (Å²) in [5, 5.41) is 2.94. The molecule has 0 bridgehead atoms. The molecule has 6 nitrogen and oxygen atoms in total. The molecule has 31 heavy (non-hydrogen) atoms. The lowest BCUT2D eigenvalue weighted by molar-refractivity contribution is 0.102. The van der Waals surface area contributed by atoms with E-state index in [0.717, 1.165) is 16.8 Å². The zero-order valence-electron chi connectivity index (χ0n) is 18.2. The van der Waals surface area contributed by atoms with Gasteiger partial charge < -0.3 is 10.2 Å². The lowest BCUT2D eigenvalue weighted by Gasteiger charge is -2.20. The van der Waals surface area contributed by atoms with E-state index in [-0.39, 0.29) is 10.8 Å². The molecule has 0 aliphatic heterocycles. The van der Waals surface area contributed by atoms with Crippen LogP contribution in [0.4, 0.5) is 11.4 Å². The molecule has 162 valence electrons. The second kappa shape index (κ2) is 9.32. The molecule has 3 aromatic rings. The van der Waals surface area contributed by atoms with Gasteiger partial charge in [-0.15, -0.1) is 0 Å². The number of carbonyl (C=O) groups is 1. The fourth-order valence-electron chi connectivity index (χ4n) is 3.15. The number of hydrogen-bond acceptors (Lipinski definition) is 4. The van der Waals surface area contributed by atoms with Gasteiger partial charge in [0.25, 0.3) is 15.9 Å². The van der Waals surface area contributed by atoms with Crippen molar-refractivity contribution >= 4 is 27.3 Å². The molecular formula is C24H27N3O3S. The predicted molar refractivity (Wildman–Crippen MR) is 125 cm³/mol. The van der Waals surface area contributed by atoms with Crippen LogP contribution in [0.5, 0.6) is 0 Å². The van der Waals surface area contributed by atoms with E-state index < -0.39 is 10.0 Å². The minimum Gasteiger partial charge on any atom is -0.322 e. The van der Waals surface area contributed by atoms with Gasteiger partial charge in [-0.1, -0.05) is 35.9 Å². The number of rotatable bonds is 7. The van der Waals surface area contributed by atoms with Crippen LogP contribution in [-0.4, -0.2) is 40.4 Å². The Morgan fingerprint density at radius 1 is 0.871 bits per heavy atom. The quantitative estimate of drug-likeness (QED) is 0.603. The van der Waals surface area contributed by atoms with Crippen LogP contribution in [0.15, 0.2) is 77.7 Å². The summed E-state index contributed by atoms with van der Waals surface area (Å²) in [6, 6.07) is 20.9. The lowest BCUT2D eigenvalue weighted by Crippen LogP contribution is -2.26. The summed E-state index contributed by atoms with van der Waals surface area (Å²) in [6.07, 6.45) is 0. The maximum absolute atomic E-state index is 12.9. The first-order valence-electron chi connectivity index (χ1n) is 9.88. The molecule has 3 rings (SSSR count). The number of carbonyl (C=O) groups excluding carboxylic acids is 1. The normalized spacial score (nSPS) is 11.4. The van der Waals surface area contributed by atoms with Gasteiger partial charge in [0, 0.05) is 24.8 Å². The average Bonchev–Trinajstić information content (AvgIpc) is 2.74. The monoisotopic (exact) mass is 437 g/mol. The zero-order valence-corrected chi connectivity index (χ0v) is 19.0. The second-order valence-corrected chi connectivity index (χ2v) is 9.65. The number of nitrogens with one attached hydrogen (secondary N) is 1. The van der Waals surface area contributed by atoms with Crippen LogP contribution in [0.2, 0.25) is 0 Å². The predicted octanol–water partition coefficient (Wildman–Crippen LogP) is 4.13. The molecule has 0 aliphatic carbocycles. The summed E-state index contributed by atoms with van der Waals surface area (Å²) in [5.74, 6) is -0.248. The number of sulfonamides is 1. The van der Waals surface area contributed by atoms with Gasteiger partial charge in [0.15, 0.2) is 0 Å². The number of nitrogens with zero attached hydrogens (tertiary/aromatic N) is 2. The van der Waals surface area contributed by atoms with Gasteiger partial charge in [0.2, 0.25) is 0 Å². The number of aryl methyl sites for hydroxylation is 1. The van der Waals surface area contributed by atoms with Crippen molar-refractivity contribution in [2.75, 3.05) is 30.8 Å². The summed E-state index contributed by atoms with van der Waals surface area (Å²) < 4.78 is 27.0. The molecule has 0 radical (unpaired) electrons. The van der Waals surface area contributed by atoms with E-state index in [1.165, 1.54) is 11.4 Å². The van der Waals surface area contributed by atoms with E-state index in [9.17, 15) is 13.2 Å². The van der Waals surface area contributed by atoms with E-state index in [2.05, 4.69) is 5.32 Å². The SMILES string of the molecule is Cc1ccc(S(=O)(=O)N(C)c2ccc(C(=O)Nc3ccccc3CN(C)C)cc2)cc1. The van der Waals surface area contributed by atoms with E-state index in [4.69, 9.17) is 0 Å². The van der Waals surface area contributed by atoms with Crippen LogP contribution in [0.1, 0.15) is 21.5 Å². The summed E-state index contributed by atoms with van der Waals surface area (Å²) in [7, 11) is 1.76. The first-order chi connectivity index (χ1) is 14.7. The highest BCUT2D eigenvalue weighted by atomic mass is 32.2. The zero-order chi connectivity index (χ0) is 22.6. The fraction of sp³-hybridized carbons (Fsp3) is 0.208. The van der Waals surface area contributed by atoms with Crippen LogP contribution in [0.25, 0.3) is 0 Å². The molecule has 0 saturated heterocycles. The number of amides is 1. The molecule has 0 heterocycles. The number of benzene rings is 3. The van der Waals surface area contributed by atoms with Gasteiger partial charge in [0.1, 0.15) is 0 Å². The van der Waals surface area contributed by atoms with Crippen molar-refractivity contribution in [3.63, 3.8) is 0 Å². The van der Waals surface area contributed by atoms with Crippen LogP contribution >= 0.6 is 0 Å². The third-order valence-corrected chi connectivity index (χ3v) is 6.72. The molecule has 0 spiro atoms. The first kappa shape index (κ1) is 22.5. The third-order valence-electron chi connectivity index (χ3n) is 4.92.